The lowest BCUT2D eigenvalue weighted by molar-refractivity contribution is 0.781. The minimum absolute atomic E-state index is 0.456. The van der Waals surface area contributed by atoms with Crippen molar-refractivity contribution < 1.29 is 0 Å². The molecule has 6 nitrogen and oxygen atoms in total. The van der Waals surface area contributed by atoms with E-state index in [-0.39, 0.29) is 0 Å². The quantitative estimate of drug-likeness (QED) is 0.812. The first-order valence-corrected chi connectivity index (χ1v) is 5.32. The summed E-state index contributed by atoms with van der Waals surface area (Å²) in [5.74, 6) is 1.89. The number of H-pyrrole nitrogens is 2. The van der Waals surface area contributed by atoms with Crippen LogP contribution in [0.15, 0.2) is 12.5 Å². The molecule has 2 aromatic heterocycles. The molecule has 0 saturated carbocycles. The summed E-state index contributed by atoms with van der Waals surface area (Å²) < 4.78 is 0. The molecule has 0 spiro atoms. The molecule has 0 amide bonds. The average molecular weight is 222 g/mol. The second kappa shape index (κ2) is 5.99. The second-order valence-electron chi connectivity index (χ2n) is 4.07. The van der Waals surface area contributed by atoms with E-state index in [2.05, 4.69) is 58.3 Å². The predicted molar refractivity (Wildman–Crippen MR) is 60.9 cm³/mol. The van der Waals surface area contributed by atoms with Crippen LogP contribution in [0.3, 0.4) is 0 Å². The van der Waals surface area contributed by atoms with Crippen LogP contribution >= 0.6 is 0 Å². The van der Waals surface area contributed by atoms with Gasteiger partial charge in [0.05, 0.1) is 11.9 Å². The molecule has 0 saturated heterocycles. The molecule has 0 aromatic carbocycles. The van der Waals surface area contributed by atoms with E-state index in [1.54, 1.807) is 6.20 Å². The summed E-state index contributed by atoms with van der Waals surface area (Å²) in [6, 6.07) is 0. The molecule has 0 aliphatic carbocycles. The normalized spacial score (nSPS) is 10.4. The van der Waals surface area contributed by atoms with Crippen molar-refractivity contribution in [2.24, 2.45) is 0 Å². The molecule has 0 fully saturated rings. The van der Waals surface area contributed by atoms with Crippen LogP contribution in [0, 0.1) is 0 Å². The maximum Gasteiger partial charge on any atom is 0.137 e. The Morgan fingerprint density at radius 3 is 2.06 bits per heavy atom. The van der Waals surface area contributed by atoms with Crippen LogP contribution in [0.4, 0.5) is 0 Å². The fraction of sp³-hybridized carbons (Fsp3) is 0.600. The van der Waals surface area contributed by atoms with Gasteiger partial charge in [0.1, 0.15) is 12.2 Å². The molecule has 88 valence electrons. The number of hydrogen-bond acceptors (Lipinski definition) is 4. The monoisotopic (exact) mass is 222 g/mol. The molecule has 2 rings (SSSR count). The molecule has 2 aromatic rings. The van der Waals surface area contributed by atoms with Crippen molar-refractivity contribution >= 4 is 0 Å². The van der Waals surface area contributed by atoms with Crippen LogP contribution in [-0.4, -0.2) is 30.6 Å². The standard InChI is InChI=1S/2C5H9N3/c1-4(2)5-6-3-7-8-5;1-4(2)5-3-6-8-7-5/h2*3-4H,1-2H3,(H,6,7,8). The van der Waals surface area contributed by atoms with Crippen molar-refractivity contribution in [2.75, 3.05) is 0 Å². The third kappa shape index (κ3) is 3.80. The Morgan fingerprint density at radius 1 is 1.06 bits per heavy atom. The number of hydrogen-bond donors (Lipinski definition) is 2. The van der Waals surface area contributed by atoms with Gasteiger partial charge in [-0.25, -0.2) is 4.98 Å². The lowest BCUT2D eigenvalue weighted by Crippen LogP contribution is -1.88. The third-order valence-corrected chi connectivity index (χ3v) is 2.01. The van der Waals surface area contributed by atoms with Crippen molar-refractivity contribution in [3.05, 3.63) is 24.0 Å². The molecule has 0 unspecified atom stereocenters. The van der Waals surface area contributed by atoms with Gasteiger partial charge in [-0.3, -0.25) is 5.10 Å². The van der Waals surface area contributed by atoms with Crippen molar-refractivity contribution in [3.8, 4) is 0 Å². The van der Waals surface area contributed by atoms with E-state index in [0.717, 1.165) is 11.5 Å². The molecule has 0 radical (unpaired) electrons. The summed E-state index contributed by atoms with van der Waals surface area (Å²) >= 11 is 0. The van der Waals surface area contributed by atoms with Crippen LogP contribution in [0.2, 0.25) is 0 Å². The highest BCUT2D eigenvalue weighted by Gasteiger charge is 1.98. The summed E-state index contributed by atoms with van der Waals surface area (Å²) in [4.78, 5) is 3.95. The second-order valence-corrected chi connectivity index (χ2v) is 4.07. The van der Waals surface area contributed by atoms with Gasteiger partial charge < -0.3 is 0 Å². The summed E-state index contributed by atoms with van der Waals surface area (Å²) in [5.41, 5.74) is 1.02. The predicted octanol–water partition coefficient (Wildman–Crippen LogP) is 1.86. The van der Waals surface area contributed by atoms with E-state index in [4.69, 9.17) is 0 Å². The Labute approximate surface area is 94.9 Å². The maximum atomic E-state index is 3.95. The topological polar surface area (TPSA) is 83.1 Å². The number of nitrogens with zero attached hydrogens (tertiary/aromatic N) is 4. The molecular formula is C10H18N6. The molecule has 0 aliphatic rings. The zero-order chi connectivity index (χ0) is 12.0. The molecular weight excluding hydrogens is 204 g/mol. The maximum absolute atomic E-state index is 3.95. The number of aromatic amines is 2. The third-order valence-electron chi connectivity index (χ3n) is 2.01. The van der Waals surface area contributed by atoms with Gasteiger partial charge in [0, 0.05) is 5.92 Å². The van der Waals surface area contributed by atoms with Crippen molar-refractivity contribution in [3.63, 3.8) is 0 Å². The van der Waals surface area contributed by atoms with E-state index >= 15 is 0 Å². The Bertz CT molecular complexity index is 324. The summed E-state index contributed by atoms with van der Waals surface area (Å²) in [6.07, 6.45) is 3.26. The molecule has 0 bridgehead atoms. The summed E-state index contributed by atoms with van der Waals surface area (Å²) in [6.45, 7) is 8.30. The van der Waals surface area contributed by atoms with E-state index in [1.165, 1.54) is 6.33 Å². The van der Waals surface area contributed by atoms with Crippen LogP contribution in [0.5, 0.6) is 0 Å². The highest BCUT2D eigenvalue weighted by atomic mass is 15.3. The Kier molecular flexibility index (Phi) is 4.63. The van der Waals surface area contributed by atoms with Gasteiger partial charge in [-0.15, -0.1) is 0 Å². The highest BCUT2D eigenvalue weighted by Crippen LogP contribution is 2.06. The lowest BCUT2D eigenvalue weighted by atomic mass is 10.2. The van der Waals surface area contributed by atoms with Crippen LogP contribution in [0.25, 0.3) is 0 Å². The Hall–Kier alpha value is -1.72. The van der Waals surface area contributed by atoms with Gasteiger partial charge in [-0.05, 0) is 5.92 Å². The number of nitrogens with one attached hydrogen (secondary N) is 2. The number of aromatic nitrogens is 6. The zero-order valence-corrected chi connectivity index (χ0v) is 10.1. The Balaban J connectivity index is 0.000000160. The van der Waals surface area contributed by atoms with E-state index in [9.17, 15) is 0 Å². The van der Waals surface area contributed by atoms with Crippen LogP contribution < -0.4 is 0 Å². The van der Waals surface area contributed by atoms with Gasteiger partial charge >= 0.3 is 0 Å². The van der Waals surface area contributed by atoms with Gasteiger partial charge in [0.2, 0.25) is 0 Å². The lowest BCUT2D eigenvalue weighted by Gasteiger charge is -1.93. The molecule has 2 N–H and O–H groups in total. The van der Waals surface area contributed by atoms with Crippen LogP contribution in [0.1, 0.15) is 51.0 Å². The zero-order valence-electron chi connectivity index (χ0n) is 10.1. The minimum atomic E-state index is 0.456. The van der Waals surface area contributed by atoms with Gasteiger partial charge in [-0.1, -0.05) is 27.7 Å². The van der Waals surface area contributed by atoms with Gasteiger partial charge in [0.15, 0.2) is 0 Å². The minimum Gasteiger partial charge on any atom is -0.263 e. The molecule has 0 atom stereocenters. The largest absolute Gasteiger partial charge is 0.263 e. The average Bonchev–Trinajstić information content (AvgIpc) is 2.93. The Morgan fingerprint density at radius 2 is 1.81 bits per heavy atom. The first-order chi connectivity index (χ1) is 7.61. The first-order valence-electron chi connectivity index (χ1n) is 5.32. The smallest absolute Gasteiger partial charge is 0.137 e. The highest BCUT2D eigenvalue weighted by molar-refractivity contribution is 4.96. The van der Waals surface area contributed by atoms with Crippen molar-refractivity contribution in [2.45, 2.75) is 39.5 Å². The fourth-order valence-corrected chi connectivity index (χ4v) is 0.982. The summed E-state index contributed by atoms with van der Waals surface area (Å²) in [5, 5.41) is 16.6. The SMILES string of the molecule is CC(C)c1cn[nH]n1.CC(C)c1ncn[nH]1. The molecule has 0 aliphatic heterocycles. The van der Waals surface area contributed by atoms with Gasteiger partial charge in [0.25, 0.3) is 0 Å². The van der Waals surface area contributed by atoms with Crippen molar-refractivity contribution in [1.29, 1.82) is 0 Å². The summed E-state index contributed by atoms with van der Waals surface area (Å²) in [7, 11) is 0. The fourth-order valence-electron chi connectivity index (χ4n) is 0.982. The molecule has 2 heterocycles. The van der Waals surface area contributed by atoms with Crippen molar-refractivity contribution in [1.82, 2.24) is 30.6 Å². The van der Waals surface area contributed by atoms with Gasteiger partial charge in [-0.2, -0.15) is 20.5 Å². The van der Waals surface area contributed by atoms with E-state index in [0.29, 0.717) is 11.8 Å². The first kappa shape index (κ1) is 12.4. The van der Waals surface area contributed by atoms with Crippen LogP contribution in [-0.2, 0) is 0 Å². The number of rotatable bonds is 2. The van der Waals surface area contributed by atoms with E-state index < -0.39 is 0 Å². The van der Waals surface area contributed by atoms with E-state index in [1.807, 2.05) is 0 Å². The molecule has 16 heavy (non-hydrogen) atoms. The molecule has 6 heteroatoms.